The van der Waals surface area contributed by atoms with Crippen LogP contribution in [-0.4, -0.2) is 4.57 Å². The Kier molecular flexibility index (Phi) is 4.81. The average molecular weight is 379 g/mol. The second kappa shape index (κ2) is 7.02. The molecule has 3 heteroatoms. The Labute approximate surface area is 153 Å². The summed E-state index contributed by atoms with van der Waals surface area (Å²) in [6, 6.07) is 21.2. The maximum absolute atomic E-state index is 2.32. The Bertz CT molecular complexity index is 890. The van der Waals surface area contributed by atoms with Crippen LogP contribution in [0.3, 0.4) is 0 Å². The first-order valence-electron chi connectivity index (χ1n) is 7.89. The van der Waals surface area contributed by atoms with Crippen molar-refractivity contribution in [2.45, 2.75) is 6.54 Å². The lowest BCUT2D eigenvalue weighted by Crippen LogP contribution is -3.00. The largest absolute Gasteiger partial charge is 1.00 e. The number of hydrogen-bond donors (Lipinski definition) is 0. The molecule has 1 aliphatic rings. The van der Waals surface area contributed by atoms with Crippen molar-refractivity contribution < 1.29 is 21.5 Å². The summed E-state index contributed by atoms with van der Waals surface area (Å²) in [5, 5.41) is 0. The molecule has 0 spiro atoms. The van der Waals surface area contributed by atoms with Gasteiger partial charge in [-0.15, -0.1) is 0 Å². The fourth-order valence-electron chi connectivity index (χ4n) is 3.08. The Hall–Kier alpha value is -2.39. The van der Waals surface area contributed by atoms with Crippen molar-refractivity contribution in [1.29, 1.82) is 0 Å². The van der Waals surface area contributed by atoms with Crippen LogP contribution in [0.5, 0.6) is 0 Å². The molecule has 1 aromatic heterocycles. The highest BCUT2D eigenvalue weighted by molar-refractivity contribution is 5.92. The molecule has 0 saturated carbocycles. The summed E-state index contributed by atoms with van der Waals surface area (Å²) >= 11 is 0. The summed E-state index contributed by atoms with van der Waals surface area (Å²) in [4.78, 5) is 0. The van der Waals surface area contributed by atoms with E-state index in [1.54, 1.807) is 0 Å². The molecule has 4 rings (SSSR count). The minimum atomic E-state index is 0. The summed E-state index contributed by atoms with van der Waals surface area (Å²) < 4.78 is 4.47. The van der Waals surface area contributed by atoms with Crippen molar-refractivity contribution in [1.82, 2.24) is 4.57 Å². The third-order valence-corrected chi connectivity index (χ3v) is 4.33. The van der Waals surface area contributed by atoms with Crippen LogP contribution in [0.4, 0.5) is 0 Å². The van der Waals surface area contributed by atoms with E-state index in [2.05, 4.69) is 101 Å². The summed E-state index contributed by atoms with van der Waals surface area (Å²) in [6.07, 6.45) is 8.85. The van der Waals surface area contributed by atoms with Gasteiger partial charge in [0, 0.05) is 11.6 Å². The molecule has 0 radical (unpaired) electrons. The summed E-state index contributed by atoms with van der Waals surface area (Å²) in [6.45, 7) is 0.882. The zero-order chi connectivity index (χ0) is 15.6. The van der Waals surface area contributed by atoms with E-state index >= 15 is 0 Å². The molecule has 0 saturated heterocycles. The predicted octanol–water partition coefficient (Wildman–Crippen LogP) is 0.954. The van der Waals surface area contributed by atoms with Crippen molar-refractivity contribution in [2.75, 3.05) is 0 Å². The van der Waals surface area contributed by atoms with Crippen molar-refractivity contribution >= 4 is 17.2 Å². The molecule has 0 amide bonds. The maximum Gasteiger partial charge on any atom is 0.282 e. The van der Waals surface area contributed by atoms with Crippen LogP contribution in [-0.2, 0) is 13.6 Å². The molecular formula is C21H19BrN2. The second-order valence-corrected chi connectivity index (χ2v) is 5.90. The van der Waals surface area contributed by atoms with Gasteiger partial charge in [0.25, 0.3) is 5.82 Å². The van der Waals surface area contributed by atoms with Crippen LogP contribution in [0, 0.1) is 0 Å². The number of fused-ring (bicyclic) bond motifs is 1. The highest BCUT2D eigenvalue weighted by atomic mass is 79.9. The van der Waals surface area contributed by atoms with Gasteiger partial charge in [0.15, 0.2) is 0 Å². The molecule has 0 fully saturated rings. The minimum absolute atomic E-state index is 0. The highest BCUT2D eigenvalue weighted by Gasteiger charge is 2.19. The Morgan fingerprint density at radius 2 is 1.46 bits per heavy atom. The molecule has 120 valence electrons. The smallest absolute Gasteiger partial charge is 0.282 e. The molecule has 0 unspecified atom stereocenters. The number of aryl methyl sites for hydroxylation is 1. The van der Waals surface area contributed by atoms with Gasteiger partial charge in [-0.25, -0.2) is 9.13 Å². The number of hydrogen-bond acceptors (Lipinski definition) is 0. The minimum Gasteiger partial charge on any atom is -1.00 e. The first-order valence-corrected chi connectivity index (χ1v) is 7.89. The van der Waals surface area contributed by atoms with Gasteiger partial charge in [-0.1, -0.05) is 60.7 Å². The predicted molar refractivity (Wildman–Crippen MR) is 94.3 cm³/mol. The molecule has 2 aromatic carbocycles. The highest BCUT2D eigenvalue weighted by Crippen LogP contribution is 2.28. The summed E-state index contributed by atoms with van der Waals surface area (Å²) in [5.74, 6) is 1.21. The van der Waals surface area contributed by atoms with Gasteiger partial charge in [-0.3, -0.25) is 0 Å². The van der Waals surface area contributed by atoms with Gasteiger partial charge in [0.1, 0.15) is 18.9 Å². The van der Waals surface area contributed by atoms with Crippen LogP contribution in [0.1, 0.15) is 17.0 Å². The standard InChI is InChI=1S/C21H19N2.BrH/c1-22-12-13-23-16-20(18-10-6-3-7-11-18)14-19(15-21(22)23)17-8-4-2-5-9-17;/h2-15H,16H2,1H3;1H/q+1;/p-1. The molecule has 0 N–H and O–H groups in total. The van der Waals surface area contributed by atoms with E-state index in [0.29, 0.717) is 0 Å². The third kappa shape index (κ3) is 3.13. The normalized spacial score (nSPS) is 13.2. The first kappa shape index (κ1) is 16.5. The van der Waals surface area contributed by atoms with E-state index in [-0.39, 0.29) is 17.0 Å². The molecule has 0 bridgehead atoms. The molecule has 0 aliphatic carbocycles. The molecule has 2 nitrogen and oxygen atoms in total. The summed E-state index contributed by atoms with van der Waals surface area (Å²) in [5.41, 5.74) is 5.10. The van der Waals surface area contributed by atoms with Crippen molar-refractivity contribution in [2.24, 2.45) is 7.05 Å². The van der Waals surface area contributed by atoms with Crippen LogP contribution < -0.4 is 21.5 Å². The van der Waals surface area contributed by atoms with Gasteiger partial charge in [-0.2, -0.15) is 0 Å². The lowest BCUT2D eigenvalue weighted by Gasteiger charge is -2.06. The topological polar surface area (TPSA) is 8.81 Å². The van der Waals surface area contributed by atoms with Crippen LogP contribution in [0.25, 0.3) is 17.2 Å². The van der Waals surface area contributed by atoms with Crippen LogP contribution >= 0.6 is 0 Å². The number of imidazole rings is 1. The van der Waals surface area contributed by atoms with Gasteiger partial charge in [0.2, 0.25) is 0 Å². The number of benzene rings is 2. The van der Waals surface area contributed by atoms with Crippen molar-refractivity contribution in [3.05, 3.63) is 96.1 Å². The monoisotopic (exact) mass is 378 g/mol. The van der Waals surface area contributed by atoms with E-state index in [9.17, 15) is 0 Å². The molecule has 24 heavy (non-hydrogen) atoms. The Morgan fingerprint density at radius 1 is 0.833 bits per heavy atom. The van der Waals surface area contributed by atoms with E-state index < -0.39 is 0 Å². The first-order chi connectivity index (χ1) is 11.3. The number of nitrogens with zero attached hydrogens (tertiary/aromatic N) is 2. The second-order valence-electron chi connectivity index (χ2n) is 5.90. The average Bonchev–Trinajstić information content (AvgIpc) is 2.84. The van der Waals surface area contributed by atoms with E-state index in [4.69, 9.17) is 0 Å². The fraction of sp³-hybridized carbons (Fsp3) is 0.0952. The number of rotatable bonds is 2. The molecule has 2 heterocycles. The van der Waals surface area contributed by atoms with Crippen LogP contribution in [0.2, 0.25) is 0 Å². The molecule has 1 aliphatic heterocycles. The van der Waals surface area contributed by atoms with E-state index in [1.807, 2.05) is 0 Å². The molecule has 3 aromatic rings. The number of aromatic nitrogens is 2. The Morgan fingerprint density at radius 3 is 2.12 bits per heavy atom. The van der Waals surface area contributed by atoms with Crippen LogP contribution in [0.15, 0.2) is 79.1 Å². The zero-order valence-electron chi connectivity index (χ0n) is 13.6. The van der Waals surface area contributed by atoms with Gasteiger partial charge in [-0.05, 0) is 22.8 Å². The van der Waals surface area contributed by atoms with Gasteiger partial charge < -0.3 is 17.0 Å². The number of halogens is 1. The lowest BCUT2D eigenvalue weighted by atomic mass is 9.99. The van der Waals surface area contributed by atoms with Crippen molar-refractivity contribution in [3.63, 3.8) is 0 Å². The third-order valence-electron chi connectivity index (χ3n) is 4.33. The van der Waals surface area contributed by atoms with E-state index in [0.717, 1.165) is 6.54 Å². The fourth-order valence-corrected chi connectivity index (χ4v) is 3.08. The summed E-state index contributed by atoms with van der Waals surface area (Å²) in [7, 11) is 2.10. The SMILES string of the molecule is C[n+]1ccn2c1C=C(c1ccccc1)C=C(c1ccccc1)C2.[Br-]. The lowest BCUT2D eigenvalue weighted by molar-refractivity contribution is -0.672. The quantitative estimate of drug-likeness (QED) is 0.587. The molecule has 0 atom stereocenters. The van der Waals surface area contributed by atoms with E-state index in [1.165, 1.54) is 28.1 Å². The van der Waals surface area contributed by atoms with Gasteiger partial charge in [0.05, 0.1) is 7.05 Å². The Balaban J connectivity index is 0.00000169. The maximum atomic E-state index is 2.32. The van der Waals surface area contributed by atoms with Gasteiger partial charge >= 0.3 is 0 Å². The number of allylic oxidation sites excluding steroid dienone is 3. The molecular weight excluding hydrogens is 360 g/mol. The van der Waals surface area contributed by atoms with Crippen molar-refractivity contribution in [3.8, 4) is 0 Å². The zero-order valence-corrected chi connectivity index (χ0v) is 15.1.